The monoisotopic (exact) mass is 317 g/mol. The second-order valence-electron chi connectivity index (χ2n) is 5.66. The molecule has 0 aliphatic heterocycles. The van der Waals surface area contributed by atoms with Crippen LogP contribution in [-0.4, -0.2) is 23.4 Å². The zero-order chi connectivity index (χ0) is 16.2. The summed E-state index contributed by atoms with van der Waals surface area (Å²) in [5, 5.41) is 7.45. The highest BCUT2D eigenvalue weighted by Gasteiger charge is 2.29. The van der Waals surface area contributed by atoms with Crippen LogP contribution < -0.4 is 14.8 Å². The average molecular weight is 317 g/mol. The van der Waals surface area contributed by atoms with Gasteiger partial charge in [0.25, 0.3) is 0 Å². The Kier molecular flexibility index (Phi) is 4.69. The van der Waals surface area contributed by atoms with Gasteiger partial charge in [-0.1, -0.05) is 5.16 Å². The number of hydrogen-bond acceptors (Lipinski definition) is 6. The first kappa shape index (κ1) is 15.6. The number of aromatic nitrogens is 2. The van der Waals surface area contributed by atoms with Crippen LogP contribution in [0.5, 0.6) is 11.5 Å². The van der Waals surface area contributed by atoms with Crippen LogP contribution in [-0.2, 0) is 0 Å². The Morgan fingerprint density at radius 2 is 2.04 bits per heavy atom. The van der Waals surface area contributed by atoms with E-state index < -0.39 is 0 Å². The van der Waals surface area contributed by atoms with Gasteiger partial charge in [-0.25, -0.2) is 0 Å². The molecular formula is C17H23N3O3. The summed E-state index contributed by atoms with van der Waals surface area (Å²) < 4.78 is 16.6. The molecule has 1 heterocycles. The molecule has 1 saturated carbocycles. The quantitative estimate of drug-likeness (QED) is 0.796. The summed E-state index contributed by atoms with van der Waals surface area (Å²) in [5.74, 6) is 3.48. The number of anilines is 1. The number of benzene rings is 1. The predicted molar refractivity (Wildman–Crippen MR) is 87.1 cm³/mol. The normalized spacial score (nSPS) is 15.3. The van der Waals surface area contributed by atoms with Crippen LogP contribution in [0, 0.1) is 0 Å². The molecule has 23 heavy (non-hydrogen) atoms. The fourth-order valence-electron chi connectivity index (χ4n) is 2.39. The number of hydrogen-bond donors (Lipinski definition) is 1. The van der Waals surface area contributed by atoms with Gasteiger partial charge in [0.15, 0.2) is 5.82 Å². The lowest BCUT2D eigenvalue weighted by atomic mass is 10.2. The van der Waals surface area contributed by atoms with Gasteiger partial charge in [0.1, 0.15) is 17.5 Å². The Morgan fingerprint density at radius 3 is 2.74 bits per heavy atom. The van der Waals surface area contributed by atoms with Crippen LogP contribution in [0.25, 0.3) is 0 Å². The Morgan fingerprint density at radius 1 is 1.26 bits per heavy atom. The van der Waals surface area contributed by atoms with E-state index in [0.717, 1.165) is 35.9 Å². The molecular weight excluding hydrogens is 294 g/mol. The molecule has 1 aromatic heterocycles. The van der Waals surface area contributed by atoms with Crippen LogP contribution in [0.2, 0.25) is 0 Å². The van der Waals surface area contributed by atoms with Crippen molar-refractivity contribution in [3.05, 3.63) is 29.9 Å². The van der Waals surface area contributed by atoms with Gasteiger partial charge >= 0.3 is 0 Å². The summed E-state index contributed by atoms with van der Waals surface area (Å²) in [7, 11) is 0. The lowest BCUT2D eigenvalue weighted by molar-refractivity contribution is 0.331. The minimum Gasteiger partial charge on any atom is -0.494 e. The number of ether oxygens (including phenoxy) is 2. The van der Waals surface area contributed by atoms with Crippen molar-refractivity contribution in [2.75, 3.05) is 18.5 Å². The highest BCUT2D eigenvalue weighted by molar-refractivity contribution is 5.60. The lowest BCUT2D eigenvalue weighted by Crippen LogP contribution is -2.09. The van der Waals surface area contributed by atoms with Gasteiger partial charge in [-0.2, -0.15) is 4.98 Å². The van der Waals surface area contributed by atoms with E-state index in [0.29, 0.717) is 25.0 Å². The largest absolute Gasteiger partial charge is 0.494 e. The molecule has 0 bridgehead atoms. The van der Waals surface area contributed by atoms with Gasteiger partial charge in [0.2, 0.25) is 5.89 Å². The molecule has 3 rings (SSSR count). The van der Waals surface area contributed by atoms with Crippen LogP contribution in [0.3, 0.4) is 0 Å². The minimum absolute atomic E-state index is 0.105. The molecule has 1 fully saturated rings. The fraction of sp³-hybridized carbons (Fsp3) is 0.529. The fourth-order valence-corrected chi connectivity index (χ4v) is 2.39. The maximum absolute atomic E-state index is 5.68. The topological polar surface area (TPSA) is 69.4 Å². The van der Waals surface area contributed by atoms with E-state index >= 15 is 0 Å². The van der Waals surface area contributed by atoms with Crippen molar-refractivity contribution >= 4 is 5.69 Å². The van der Waals surface area contributed by atoms with E-state index in [2.05, 4.69) is 15.5 Å². The van der Waals surface area contributed by atoms with Gasteiger partial charge in [-0.05, 0) is 45.7 Å². The summed E-state index contributed by atoms with van der Waals surface area (Å²) in [6.07, 6.45) is 2.32. The lowest BCUT2D eigenvalue weighted by Gasteiger charge is -2.16. The zero-order valence-electron chi connectivity index (χ0n) is 13.8. The molecule has 0 radical (unpaired) electrons. The van der Waals surface area contributed by atoms with E-state index in [-0.39, 0.29) is 6.04 Å². The molecule has 1 unspecified atom stereocenters. The average Bonchev–Trinajstić information content (AvgIpc) is 3.27. The zero-order valence-corrected chi connectivity index (χ0v) is 13.8. The predicted octanol–water partition coefficient (Wildman–Crippen LogP) is 3.92. The first-order chi connectivity index (χ1) is 11.2. The van der Waals surface area contributed by atoms with Gasteiger partial charge in [0, 0.05) is 12.0 Å². The first-order valence-corrected chi connectivity index (χ1v) is 8.21. The van der Waals surface area contributed by atoms with Crippen molar-refractivity contribution in [1.82, 2.24) is 10.1 Å². The first-order valence-electron chi connectivity index (χ1n) is 8.21. The number of nitrogens with zero attached hydrogens (tertiary/aromatic N) is 2. The Balaban J connectivity index is 1.76. The molecule has 1 N–H and O–H groups in total. The van der Waals surface area contributed by atoms with Gasteiger partial charge < -0.3 is 19.3 Å². The van der Waals surface area contributed by atoms with Crippen LogP contribution in [0.15, 0.2) is 22.7 Å². The molecule has 1 aliphatic rings. The third kappa shape index (κ3) is 3.75. The smallest absolute Gasteiger partial charge is 0.248 e. The molecule has 6 heteroatoms. The van der Waals surface area contributed by atoms with Crippen molar-refractivity contribution in [2.45, 2.75) is 45.6 Å². The van der Waals surface area contributed by atoms with Crippen molar-refractivity contribution in [3.63, 3.8) is 0 Å². The second-order valence-corrected chi connectivity index (χ2v) is 5.66. The van der Waals surface area contributed by atoms with Crippen LogP contribution in [0.1, 0.15) is 57.3 Å². The van der Waals surface area contributed by atoms with Crippen molar-refractivity contribution < 1.29 is 14.0 Å². The van der Waals surface area contributed by atoms with Crippen LogP contribution >= 0.6 is 0 Å². The Bertz CT molecular complexity index is 652. The van der Waals surface area contributed by atoms with E-state index in [1.165, 1.54) is 0 Å². The van der Waals surface area contributed by atoms with Gasteiger partial charge in [-0.3, -0.25) is 0 Å². The van der Waals surface area contributed by atoms with E-state index in [1.54, 1.807) is 0 Å². The summed E-state index contributed by atoms with van der Waals surface area (Å²) in [5.41, 5.74) is 0.858. The van der Waals surface area contributed by atoms with Crippen LogP contribution in [0.4, 0.5) is 5.69 Å². The highest BCUT2D eigenvalue weighted by Crippen LogP contribution is 2.39. The van der Waals surface area contributed by atoms with Crippen molar-refractivity contribution in [2.24, 2.45) is 0 Å². The summed E-state index contributed by atoms with van der Waals surface area (Å²) >= 11 is 0. The molecule has 1 atom stereocenters. The summed E-state index contributed by atoms with van der Waals surface area (Å²) in [6.45, 7) is 7.14. The molecule has 1 aliphatic carbocycles. The van der Waals surface area contributed by atoms with Crippen molar-refractivity contribution in [1.29, 1.82) is 0 Å². The Hall–Kier alpha value is -2.24. The summed E-state index contributed by atoms with van der Waals surface area (Å²) in [4.78, 5) is 4.49. The molecule has 0 saturated heterocycles. The van der Waals surface area contributed by atoms with Crippen molar-refractivity contribution in [3.8, 4) is 11.5 Å². The SMILES string of the molecule is CCOc1ccc(OCC)c(NC(C)c2nc(C3CC3)no2)c1. The minimum atomic E-state index is -0.105. The molecule has 1 aromatic carbocycles. The standard InChI is InChI=1S/C17H23N3O3/c1-4-21-13-8-9-15(22-5-2)14(10-13)18-11(3)17-19-16(20-23-17)12-6-7-12/h8-12,18H,4-7H2,1-3H3. The maximum atomic E-state index is 5.68. The molecule has 0 amide bonds. The van der Waals surface area contributed by atoms with Gasteiger partial charge in [-0.15, -0.1) is 0 Å². The molecule has 2 aromatic rings. The van der Waals surface area contributed by atoms with E-state index in [1.807, 2.05) is 39.0 Å². The molecule has 124 valence electrons. The van der Waals surface area contributed by atoms with E-state index in [9.17, 15) is 0 Å². The van der Waals surface area contributed by atoms with E-state index in [4.69, 9.17) is 14.0 Å². The third-order valence-corrected chi connectivity index (χ3v) is 3.70. The molecule has 0 spiro atoms. The maximum Gasteiger partial charge on any atom is 0.248 e. The highest BCUT2D eigenvalue weighted by atomic mass is 16.5. The number of nitrogens with one attached hydrogen (secondary N) is 1. The molecule has 6 nitrogen and oxygen atoms in total. The summed E-state index contributed by atoms with van der Waals surface area (Å²) in [6, 6.07) is 5.64. The Labute approximate surface area is 136 Å². The number of rotatable bonds is 8. The third-order valence-electron chi connectivity index (χ3n) is 3.70. The van der Waals surface area contributed by atoms with Gasteiger partial charge in [0.05, 0.1) is 18.9 Å². The second kappa shape index (κ2) is 6.89.